The number of rotatable bonds is 15. The maximum Gasteiger partial charge on any atom is -0.00160 e. The van der Waals surface area contributed by atoms with Crippen molar-refractivity contribution in [1.82, 2.24) is 10.2 Å². The van der Waals surface area contributed by atoms with Crippen molar-refractivity contribution < 1.29 is 0 Å². The second kappa shape index (κ2) is 20.4. The molecule has 1 N–H and O–H groups in total. The average molecular weight is 452 g/mol. The van der Waals surface area contributed by atoms with Crippen LogP contribution in [0.25, 0.3) is 0 Å². The summed E-state index contributed by atoms with van der Waals surface area (Å²) in [6.07, 6.45) is 24.8. The summed E-state index contributed by atoms with van der Waals surface area (Å²) in [6.45, 7) is 8.97. The second-order valence-electron chi connectivity index (χ2n) is 9.51. The van der Waals surface area contributed by atoms with E-state index < -0.39 is 0 Å². The molecule has 2 aliphatic heterocycles. The Hall–Kier alpha value is 0.500. The van der Waals surface area contributed by atoms with E-state index in [9.17, 15) is 0 Å². The summed E-state index contributed by atoms with van der Waals surface area (Å²) < 4.78 is 0. The van der Waals surface area contributed by atoms with Crippen molar-refractivity contribution in [2.45, 2.75) is 116 Å². The molecule has 0 amide bonds. The molecule has 2 heterocycles. The molecule has 0 aromatic rings. The summed E-state index contributed by atoms with van der Waals surface area (Å²) in [7, 11) is 0. The van der Waals surface area contributed by atoms with E-state index in [1.54, 1.807) is 0 Å². The lowest BCUT2D eigenvalue weighted by Gasteiger charge is -2.37. The van der Waals surface area contributed by atoms with E-state index in [4.69, 9.17) is 0 Å². The fourth-order valence-electron chi connectivity index (χ4n) is 5.32. The predicted octanol–water partition coefficient (Wildman–Crippen LogP) is 7.63. The molecule has 0 radical (unpaired) electrons. The van der Waals surface area contributed by atoms with Gasteiger partial charge in [0.15, 0.2) is 0 Å². The zero-order valence-corrected chi connectivity index (χ0v) is 21.1. The summed E-state index contributed by atoms with van der Waals surface area (Å²) in [6, 6.07) is 0. The minimum atomic E-state index is 0. The lowest BCUT2D eigenvalue weighted by molar-refractivity contribution is 0.129. The summed E-state index contributed by atoms with van der Waals surface area (Å²) in [5.74, 6) is 2.07. The van der Waals surface area contributed by atoms with Gasteiger partial charge < -0.3 is 10.2 Å². The second-order valence-corrected chi connectivity index (χ2v) is 9.51. The van der Waals surface area contributed by atoms with Crippen LogP contribution in [0.5, 0.6) is 0 Å². The van der Waals surface area contributed by atoms with Gasteiger partial charge in [-0.2, -0.15) is 0 Å². The molecular formula is C25H52Cl2N2. The van der Waals surface area contributed by atoms with Crippen molar-refractivity contribution in [2.75, 3.05) is 32.7 Å². The van der Waals surface area contributed by atoms with Crippen LogP contribution in [-0.4, -0.2) is 37.6 Å². The number of nitrogens with zero attached hydrogens (tertiary/aromatic N) is 1. The molecule has 0 aromatic carbocycles. The lowest BCUT2D eigenvalue weighted by atomic mass is 9.79. The fourth-order valence-corrected chi connectivity index (χ4v) is 5.32. The standard InChI is InChI=1S/C25H50N2.2ClH/c1-2-3-4-5-6-7-8-9-10-11-12-13-14-21-27-22-17-25(18-23-27)24-15-19-26-20-16-24;;/h24-26H,2-23H2,1H3;2*1H. The van der Waals surface area contributed by atoms with Crippen LogP contribution in [0.1, 0.15) is 116 Å². The summed E-state index contributed by atoms with van der Waals surface area (Å²) in [5.41, 5.74) is 0. The Bertz CT molecular complexity index is 327. The third kappa shape index (κ3) is 14.2. The maximum atomic E-state index is 3.52. The zero-order chi connectivity index (χ0) is 19.0. The zero-order valence-electron chi connectivity index (χ0n) is 19.5. The number of hydrogen-bond donors (Lipinski definition) is 1. The van der Waals surface area contributed by atoms with Crippen LogP contribution in [0, 0.1) is 11.8 Å². The minimum Gasteiger partial charge on any atom is -0.317 e. The highest BCUT2D eigenvalue weighted by Crippen LogP contribution is 2.30. The van der Waals surface area contributed by atoms with Crippen LogP contribution < -0.4 is 5.32 Å². The van der Waals surface area contributed by atoms with Gasteiger partial charge in [-0.05, 0) is 76.7 Å². The van der Waals surface area contributed by atoms with Crippen LogP contribution >= 0.6 is 24.8 Å². The van der Waals surface area contributed by atoms with E-state index >= 15 is 0 Å². The Balaban J connectivity index is 0.00000392. The van der Waals surface area contributed by atoms with Gasteiger partial charge in [0.2, 0.25) is 0 Å². The van der Waals surface area contributed by atoms with Gasteiger partial charge in [0.05, 0.1) is 0 Å². The number of hydrogen-bond acceptors (Lipinski definition) is 2. The monoisotopic (exact) mass is 450 g/mol. The van der Waals surface area contributed by atoms with E-state index in [1.807, 2.05) is 0 Å². The number of halogens is 2. The van der Waals surface area contributed by atoms with Gasteiger partial charge in [-0.1, -0.05) is 84.0 Å². The third-order valence-corrected chi connectivity index (χ3v) is 7.26. The SMILES string of the molecule is CCCCCCCCCCCCCCCN1CCC(C2CCNCC2)CC1.Cl.Cl. The summed E-state index contributed by atoms with van der Waals surface area (Å²) in [4.78, 5) is 2.76. The van der Waals surface area contributed by atoms with E-state index in [0.29, 0.717) is 0 Å². The van der Waals surface area contributed by atoms with Gasteiger partial charge in [-0.15, -0.1) is 24.8 Å². The lowest BCUT2D eigenvalue weighted by Crippen LogP contribution is -2.39. The van der Waals surface area contributed by atoms with Gasteiger partial charge in [-0.3, -0.25) is 0 Å². The Morgan fingerprint density at radius 3 is 1.48 bits per heavy atom. The minimum absolute atomic E-state index is 0. The summed E-state index contributed by atoms with van der Waals surface area (Å²) in [5, 5.41) is 3.52. The van der Waals surface area contributed by atoms with Crippen molar-refractivity contribution in [1.29, 1.82) is 0 Å². The fraction of sp³-hybridized carbons (Fsp3) is 1.00. The predicted molar refractivity (Wildman–Crippen MR) is 135 cm³/mol. The van der Waals surface area contributed by atoms with E-state index in [1.165, 1.54) is 142 Å². The molecule has 0 spiro atoms. The highest BCUT2D eigenvalue weighted by molar-refractivity contribution is 5.85. The highest BCUT2D eigenvalue weighted by atomic mass is 35.5. The first kappa shape index (κ1) is 29.5. The quantitative estimate of drug-likeness (QED) is 0.257. The molecule has 2 nitrogen and oxygen atoms in total. The van der Waals surface area contributed by atoms with E-state index in [0.717, 1.165) is 11.8 Å². The van der Waals surface area contributed by atoms with Crippen molar-refractivity contribution >= 4 is 24.8 Å². The highest BCUT2D eigenvalue weighted by Gasteiger charge is 2.27. The Kier molecular flexibility index (Phi) is 20.8. The Morgan fingerprint density at radius 1 is 0.586 bits per heavy atom. The Morgan fingerprint density at radius 2 is 1.00 bits per heavy atom. The van der Waals surface area contributed by atoms with Gasteiger partial charge >= 0.3 is 0 Å². The largest absolute Gasteiger partial charge is 0.317 e. The van der Waals surface area contributed by atoms with Crippen LogP contribution in [0.2, 0.25) is 0 Å². The molecule has 0 saturated carbocycles. The molecule has 0 bridgehead atoms. The number of piperidine rings is 2. The topological polar surface area (TPSA) is 15.3 Å². The maximum absolute atomic E-state index is 3.52. The molecule has 0 unspecified atom stereocenters. The van der Waals surface area contributed by atoms with Crippen molar-refractivity contribution in [3.63, 3.8) is 0 Å². The molecule has 176 valence electrons. The summed E-state index contributed by atoms with van der Waals surface area (Å²) >= 11 is 0. The van der Waals surface area contributed by atoms with Gasteiger partial charge in [0.25, 0.3) is 0 Å². The van der Waals surface area contributed by atoms with E-state index in [2.05, 4.69) is 17.1 Å². The molecule has 29 heavy (non-hydrogen) atoms. The molecule has 0 aromatic heterocycles. The molecule has 4 heteroatoms. The first-order chi connectivity index (χ1) is 13.4. The molecule has 2 fully saturated rings. The molecule has 0 aliphatic carbocycles. The first-order valence-electron chi connectivity index (χ1n) is 12.8. The number of likely N-dealkylation sites (tertiary alicyclic amines) is 1. The smallest absolute Gasteiger partial charge is 0.00160 e. The van der Waals surface area contributed by atoms with Gasteiger partial charge in [0, 0.05) is 0 Å². The Labute approximate surface area is 195 Å². The van der Waals surface area contributed by atoms with Gasteiger partial charge in [-0.25, -0.2) is 0 Å². The molecule has 2 saturated heterocycles. The molecule has 0 atom stereocenters. The first-order valence-corrected chi connectivity index (χ1v) is 12.8. The van der Waals surface area contributed by atoms with Crippen LogP contribution in [0.4, 0.5) is 0 Å². The molecule has 2 aliphatic rings. The molecule has 2 rings (SSSR count). The van der Waals surface area contributed by atoms with Crippen molar-refractivity contribution in [3.8, 4) is 0 Å². The van der Waals surface area contributed by atoms with Crippen LogP contribution in [-0.2, 0) is 0 Å². The van der Waals surface area contributed by atoms with E-state index in [-0.39, 0.29) is 24.8 Å². The number of unbranched alkanes of at least 4 members (excludes halogenated alkanes) is 12. The van der Waals surface area contributed by atoms with Crippen molar-refractivity contribution in [3.05, 3.63) is 0 Å². The average Bonchev–Trinajstić information content (AvgIpc) is 2.72. The van der Waals surface area contributed by atoms with Crippen molar-refractivity contribution in [2.24, 2.45) is 11.8 Å². The van der Waals surface area contributed by atoms with Gasteiger partial charge in [0.1, 0.15) is 0 Å². The third-order valence-electron chi connectivity index (χ3n) is 7.26. The number of nitrogens with one attached hydrogen (secondary N) is 1. The van der Waals surface area contributed by atoms with Crippen LogP contribution in [0.3, 0.4) is 0 Å². The van der Waals surface area contributed by atoms with Crippen LogP contribution in [0.15, 0.2) is 0 Å². The molecular weight excluding hydrogens is 399 g/mol. The normalized spacial score (nSPS) is 18.9.